The van der Waals surface area contributed by atoms with Gasteiger partial charge in [0.05, 0.1) is 5.60 Å². The topological polar surface area (TPSA) is 52.9 Å². The van der Waals surface area contributed by atoms with Gasteiger partial charge >= 0.3 is 0 Å². The standard InChI is InChI=1S/C20H23F2NO3/c21-16-3-1-15(2-4-16)20(25)9-11-23(12-10-20)13-18(24)14-26-19-7-5-17(22)6-8-19/h1-8,18,24-25H,9-14H2. The molecule has 1 heterocycles. The molecular weight excluding hydrogens is 340 g/mol. The molecule has 0 bridgehead atoms. The van der Waals surface area contributed by atoms with Crippen molar-refractivity contribution >= 4 is 0 Å². The molecule has 1 atom stereocenters. The van der Waals surface area contributed by atoms with E-state index in [-0.39, 0.29) is 18.2 Å². The van der Waals surface area contributed by atoms with E-state index in [1.54, 1.807) is 12.1 Å². The van der Waals surface area contributed by atoms with E-state index in [0.29, 0.717) is 38.2 Å². The van der Waals surface area contributed by atoms with Gasteiger partial charge in [-0.2, -0.15) is 0 Å². The number of aliphatic hydroxyl groups excluding tert-OH is 1. The molecule has 1 saturated heterocycles. The Morgan fingerprint density at radius 1 is 0.962 bits per heavy atom. The third-order valence-electron chi connectivity index (χ3n) is 4.79. The van der Waals surface area contributed by atoms with Gasteiger partial charge in [-0.15, -0.1) is 0 Å². The summed E-state index contributed by atoms with van der Waals surface area (Å²) in [6, 6.07) is 11.6. The molecule has 3 rings (SSSR count). The minimum atomic E-state index is -0.959. The van der Waals surface area contributed by atoms with Gasteiger partial charge in [0.2, 0.25) is 0 Å². The average Bonchev–Trinajstić information content (AvgIpc) is 2.64. The van der Waals surface area contributed by atoms with Crippen molar-refractivity contribution in [2.45, 2.75) is 24.5 Å². The number of aliphatic hydroxyl groups is 2. The van der Waals surface area contributed by atoms with E-state index in [1.807, 2.05) is 0 Å². The Labute approximate surface area is 151 Å². The lowest BCUT2D eigenvalue weighted by Gasteiger charge is -2.39. The molecule has 2 N–H and O–H groups in total. The van der Waals surface area contributed by atoms with Crippen molar-refractivity contribution in [2.75, 3.05) is 26.2 Å². The first-order valence-electron chi connectivity index (χ1n) is 8.72. The third-order valence-corrected chi connectivity index (χ3v) is 4.79. The van der Waals surface area contributed by atoms with Gasteiger partial charge in [0, 0.05) is 19.6 Å². The molecule has 0 aromatic heterocycles. The van der Waals surface area contributed by atoms with Crippen LogP contribution in [-0.4, -0.2) is 47.5 Å². The highest BCUT2D eigenvalue weighted by molar-refractivity contribution is 5.24. The van der Waals surface area contributed by atoms with Crippen molar-refractivity contribution < 1.29 is 23.7 Å². The summed E-state index contributed by atoms with van der Waals surface area (Å²) in [5.41, 5.74) is -0.238. The van der Waals surface area contributed by atoms with Crippen molar-refractivity contribution in [3.63, 3.8) is 0 Å². The van der Waals surface area contributed by atoms with E-state index < -0.39 is 11.7 Å². The maximum Gasteiger partial charge on any atom is 0.123 e. The number of ether oxygens (including phenoxy) is 1. The van der Waals surface area contributed by atoms with E-state index in [1.165, 1.54) is 36.4 Å². The number of hydrogen-bond acceptors (Lipinski definition) is 4. The van der Waals surface area contributed by atoms with Gasteiger partial charge in [-0.25, -0.2) is 8.78 Å². The van der Waals surface area contributed by atoms with Gasteiger partial charge in [0.15, 0.2) is 0 Å². The first-order chi connectivity index (χ1) is 12.4. The summed E-state index contributed by atoms with van der Waals surface area (Å²) in [5, 5.41) is 20.9. The SMILES string of the molecule is OC(COc1ccc(F)cc1)CN1CCC(O)(c2ccc(F)cc2)CC1. The van der Waals surface area contributed by atoms with Crippen LogP contribution in [0.1, 0.15) is 18.4 Å². The molecule has 2 aromatic rings. The molecule has 0 spiro atoms. The first kappa shape index (κ1) is 18.8. The van der Waals surface area contributed by atoms with E-state index in [0.717, 1.165) is 5.56 Å². The fourth-order valence-electron chi connectivity index (χ4n) is 3.23. The first-order valence-corrected chi connectivity index (χ1v) is 8.72. The van der Waals surface area contributed by atoms with Crippen LogP contribution in [-0.2, 0) is 5.60 Å². The van der Waals surface area contributed by atoms with Gasteiger partial charge in [-0.05, 0) is 54.8 Å². The largest absolute Gasteiger partial charge is 0.491 e. The number of hydrogen-bond donors (Lipinski definition) is 2. The summed E-state index contributed by atoms with van der Waals surface area (Å²) in [6.45, 7) is 1.80. The lowest BCUT2D eigenvalue weighted by molar-refractivity contribution is -0.0372. The quantitative estimate of drug-likeness (QED) is 0.829. The highest BCUT2D eigenvalue weighted by atomic mass is 19.1. The van der Waals surface area contributed by atoms with E-state index >= 15 is 0 Å². The number of nitrogens with zero attached hydrogens (tertiary/aromatic N) is 1. The minimum Gasteiger partial charge on any atom is -0.491 e. The Morgan fingerprint density at radius 3 is 2.08 bits per heavy atom. The zero-order chi connectivity index (χ0) is 18.6. The number of halogens is 2. The molecule has 0 saturated carbocycles. The van der Waals surface area contributed by atoms with Gasteiger partial charge in [0.1, 0.15) is 30.1 Å². The molecule has 0 radical (unpaired) electrons. The molecule has 1 aliphatic heterocycles. The summed E-state index contributed by atoms with van der Waals surface area (Å²) >= 11 is 0. The average molecular weight is 363 g/mol. The zero-order valence-corrected chi connectivity index (χ0v) is 14.4. The normalized spacial score (nSPS) is 18.5. The van der Waals surface area contributed by atoms with Crippen molar-refractivity contribution in [1.29, 1.82) is 0 Å². The predicted octanol–water partition coefficient (Wildman–Crippen LogP) is 2.69. The summed E-state index contributed by atoms with van der Waals surface area (Å²) < 4.78 is 31.4. The van der Waals surface area contributed by atoms with Crippen LogP contribution in [0.3, 0.4) is 0 Å². The van der Waals surface area contributed by atoms with Crippen LogP contribution in [0, 0.1) is 11.6 Å². The molecular formula is C20H23F2NO3. The maximum atomic E-state index is 13.1. The van der Waals surface area contributed by atoms with E-state index in [2.05, 4.69) is 4.90 Å². The molecule has 4 nitrogen and oxygen atoms in total. The molecule has 140 valence electrons. The Morgan fingerprint density at radius 2 is 1.50 bits per heavy atom. The number of piperidine rings is 1. The van der Waals surface area contributed by atoms with E-state index in [9.17, 15) is 19.0 Å². The van der Waals surface area contributed by atoms with Crippen LogP contribution in [0.5, 0.6) is 5.75 Å². The summed E-state index contributed by atoms with van der Waals surface area (Å²) in [6.07, 6.45) is 0.353. The lowest BCUT2D eigenvalue weighted by atomic mass is 9.84. The minimum absolute atomic E-state index is 0.115. The Kier molecular flexibility index (Phi) is 5.86. The van der Waals surface area contributed by atoms with Gasteiger partial charge in [-0.1, -0.05) is 12.1 Å². The van der Waals surface area contributed by atoms with Crippen molar-refractivity contribution in [1.82, 2.24) is 4.90 Å². The second-order valence-corrected chi connectivity index (χ2v) is 6.76. The zero-order valence-electron chi connectivity index (χ0n) is 14.4. The fourth-order valence-corrected chi connectivity index (χ4v) is 3.23. The van der Waals surface area contributed by atoms with Crippen molar-refractivity contribution in [2.24, 2.45) is 0 Å². The van der Waals surface area contributed by atoms with Gasteiger partial charge in [-0.3, -0.25) is 0 Å². The Balaban J connectivity index is 1.45. The van der Waals surface area contributed by atoms with Crippen LogP contribution in [0.25, 0.3) is 0 Å². The number of benzene rings is 2. The summed E-state index contributed by atoms with van der Waals surface area (Å²) in [4.78, 5) is 2.07. The summed E-state index contributed by atoms with van der Waals surface area (Å²) in [5.74, 6) is -0.145. The number of rotatable bonds is 6. The van der Waals surface area contributed by atoms with Crippen LogP contribution < -0.4 is 4.74 Å². The van der Waals surface area contributed by atoms with Crippen LogP contribution in [0.2, 0.25) is 0 Å². The maximum absolute atomic E-state index is 13.1. The van der Waals surface area contributed by atoms with Crippen LogP contribution in [0.4, 0.5) is 8.78 Å². The molecule has 0 aliphatic carbocycles. The Hall–Kier alpha value is -2.02. The number of β-amino-alcohol motifs (C(OH)–C–C–N with tert-alkyl or cyclic N) is 1. The van der Waals surface area contributed by atoms with Crippen molar-refractivity contribution in [3.05, 3.63) is 65.7 Å². The molecule has 6 heteroatoms. The van der Waals surface area contributed by atoms with E-state index in [4.69, 9.17) is 4.74 Å². The second-order valence-electron chi connectivity index (χ2n) is 6.76. The molecule has 1 fully saturated rings. The summed E-state index contributed by atoms with van der Waals surface area (Å²) in [7, 11) is 0. The van der Waals surface area contributed by atoms with Crippen molar-refractivity contribution in [3.8, 4) is 5.75 Å². The fraction of sp³-hybridized carbons (Fsp3) is 0.400. The molecule has 1 unspecified atom stereocenters. The van der Waals surface area contributed by atoms with Gasteiger partial charge in [0.25, 0.3) is 0 Å². The highest BCUT2D eigenvalue weighted by Crippen LogP contribution is 2.32. The molecule has 1 aliphatic rings. The predicted molar refractivity (Wildman–Crippen MR) is 93.9 cm³/mol. The third kappa shape index (κ3) is 4.78. The second kappa shape index (κ2) is 8.12. The van der Waals surface area contributed by atoms with Crippen LogP contribution >= 0.6 is 0 Å². The van der Waals surface area contributed by atoms with Gasteiger partial charge < -0.3 is 19.8 Å². The van der Waals surface area contributed by atoms with Crippen LogP contribution in [0.15, 0.2) is 48.5 Å². The smallest absolute Gasteiger partial charge is 0.123 e. The molecule has 2 aromatic carbocycles. The molecule has 26 heavy (non-hydrogen) atoms. The highest BCUT2D eigenvalue weighted by Gasteiger charge is 2.34. The Bertz CT molecular complexity index is 698. The molecule has 0 amide bonds. The monoisotopic (exact) mass is 363 g/mol. The lowest BCUT2D eigenvalue weighted by Crippen LogP contribution is -2.46. The number of likely N-dealkylation sites (tertiary alicyclic amines) is 1.